The lowest BCUT2D eigenvalue weighted by atomic mass is 10.1. The number of aromatic nitrogens is 1. The molecule has 1 unspecified atom stereocenters. The van der Waals surface area contributed by atoms with Gasteiger partial charge in [-0.25, -0.2) is 0 Å². The number of aliphatic hydroxyl groups excluding tert-OH is 1. The van der Waals surface area contributed by atoms with E-state index >= 15 is 0 Å². The van der Waals surface area contributed by atoms with Crippen LogP contribution in [-0.2, 0) is 0 Å². The van der Waals surface area contributed by atoms with Crippen LogP contribution < -0.4 is 0 Å². The number of nitrogens with zero attached hydrogens (tertiary/aromatic N) is 1. The molecule has 0 aromatic carbocycles. The first-order valence-electron chi connectivity index (χ1n) is 3.47. The third-order valence-electron chi connectivity index (χ3n) is 1.53. The topological polar surface area (TPSA) is 33.1 Å². The molecule has 1 aromatic heterocycles. The number of pyridine rings is 1. The van der Waals surface area contributed by atoms with Gasteiger partial charge in [0.15, 0.2) is 0 Å². The Morgan fingerprint density at radius 3 is 3.00 bits per heavy atom. The van der Waals surface area contributed by atoms with Gasteiger partial charge in [0.05, 0.1) is 17.3 Å². The van der Waals surface area contributed by atoms with E-state index in [1.54, 1.807) is 18.3 Å². The maximum Gasteiger partial charge on any atom is 0.0640 e. The van der Waals surface area contributed by atoms with Crippen LogP contribution in [0.3, 0.4) is 0 Å². The molecule has 1 atom stereocenters. The van der Waals surface area contributed by atoms with Crippen molar-refractivity contribution in [1.29, 1.82) is 0 Å². The molecule has 1 aromatic rings. The molecule has 0 fully saturated rings. The zero-order valence-electron chi connectivity index (χ0n) is 6.29. The standard InChI is InChI=1S/C8H10ClNO/c1-6(5-11)8-7(9)3-2-4-10-8/h2-4,6,11H,5H2,1H3. The van der Waals surface area contributed by atoms with Crippen molar-refractivity contribution in [3.05, 3.63) is 29.0 Å². The average Bonchev–Trinajstić information content (AvgIpc) is 2.04. The van der Waals surface area contributed by atoms with Crippen LogP contribution in [0.4, 0.5) is 0 Å². The van der Waals surface area contributed by atoms with Gasteiger partial charge in [-0.1, -0.05) is 18.5 Å². The first kappa shape index (κ1) is 8.50. The Balaban J connectivity index is 2.93. The molecule has 0 bridgehead atoms. The summed E-state index contributed by atoms with van der Waals surface area (Å²) in [6.45, 7) is 1.96. The average molecular weight is 172 g/mol. The highest BCUT2D eigenvalue weighted by molar-refractivity contribution is 6.31. The smallest absolute Gasteiger partial charge is 0.0640 e. The quantitative estimate of drug-likeness (QED) is 0.737. The predicted molar refractivity (Wildman–Crippen MR) is 44.7 cm³/mol. The SMILES string of the molecule is CC(CO)c1ncccc1Cl. The lowest BCUT2D eigenvalue weighted by Crippen LogP contribution is -2.01. The van der Waals surface area contributed by atoms with E-state index in [0.29, 0.717) is 5.02 Å². The molecule has 3 heteroatoms. The van der Waals surface area contributed by atoms with Gasteiger partial charge >= 0.3 is 0 Å². The van der Waals surface area contributed by atoms with Crippen molar-refractivity contribution in [2.75, 3.05) is 6.61 Å². The molecule has 0 aliphatic rings. The number of rotatable bonds is 2. The number of hydrogen-bond donors (Lipinski definition) is 1. The van der Waals surface area contributed by atoms with Gasteiger partial charge in [0.1, 0.15) is 0 Å². The fraction of sp³-hybridized carbons (Fsp3) is 0.375. The summed E-state index contributed by atoms with van der Waals surface area (Å²) in [4.78, 5) is 4.06. The van der Waals surface area contributed by atoms with Crippen LogP contribution in [0, 0.1) is 0 Å². The highest BCUT2D eigenvalue weighted by Gasteiger charge is 2.08. The summed E-state index contributed by atoms with van der Waals surface area (Å²) in [6, 6.07) is 3.55. The summed E-state index contributed by atoms with van der Waals surface area (Å²) in [5, 5.41) is 9.43. The Hall–Kier alpha value is -0.600. The van der Waals surface area contributed by atoms with E-state index in [0.717, 1.165) is 5.69 Å². The number of hydrogen-bond acceptors (Lipinski definition) is 2. The summed E-state index contributed by atoms with van der Waals surface area (Å²) in [7, 11) is 0. The van der Waals surface area contributed by atoms with E-state index < -0.39 is 0 Å². The van der Waals surface area contributed by atoms with Crippen molar-refractivity contribution in [1.82, 2.24) is 4.98 Å². The van der Waals surface area contributed by atoms with Crippen molar-refractivity contribution < 1.29 is 5.11 Å². The van der Waals surface area contributed by atoms with Gasteiger partial charge < -0.3 is 5.11 Å². The number of aliphatic hydroxyl groups is 1. The first-order chi connectivity index (χ1) is 5.25. The van der Waals surface area contributed by atoms with Gasteiger partial charge in [-0.15, -0.1) is 0 Å². The second kappa shape index (κ2) is 3.69. The van der Waals surface area contributed by atoms with Crippen LogP contribution in [0.1, 0.15) is 18.5 Å². The maximum absolute atomic E-state index is 8.81. The largest absolute Gasteiger partial charge is 0.396 e. The molecule has 0 saturated heterocycles. The Bertz CT molecular complexity index is 239. The van der Waals surface area contributed by atoms with Crippen molar-refractivity contribution in [3.63, 3.8) is 0 Å². The van der Waals surface area contributed by atoms with Crippen LogP contribution in [-0.4, -0.2) is 16.7 Å². The molecule has 0 amide bonds. The molecular weight excluding hydrogens is 162 g/mol. The van der Waals surface area contributed by atoms with Gasteiger partial charge in [-0.3, -0.25) is 4.98 Å². The molecule has 1 heterocycles. The Morgan fingerprint density at radius 2 is 2.45 bits per heavy atom. The minimum atomic E-state index is 0.0173. The van der Waals surface area contributed by atoms with Gasteiger partial charge in [-0.05, 0) is 12.1 Å². The summed E-state index contributed by atoms with van der Waals surface area (Å²) in [5.74, 6) is 0.0173. The summed E-state index contributed by atoms with van der Waals surface area (Å²) < 4.78 is 0. The predicted octanol–water partition coefficient (Wildman–Crippen LogP) is 1.83. The third kappa shape index (κ3) is 1.91. The Kier molecular flexibility index (Phi) is 2.85. The molecule has 1 N–H and O–H groups in total. The summed E-state index contributed by atoms with van der Waals surface area (Å²) >= 11 is 5.82. The molecule has 60 valence electrons. The molecule has 0 radical (unpaired) electrons. The summed E-state index contributed by atoms with van der Waals surface area (Å²) in [6.07, 6.45) is 1.67. The van der Waals surface area contributed by atoms with E-state index in [4.69, 9.17) is 16.7 Å². The fourth-order valence-electron chi connectivity index (χ4n) is 0.847. The zero-order valence-corrected chi connectivity index (χ0v) is 7.04. The van der Waals surface area contributed by atoms with Crippen LogP contribution in [0.5, 0.6) is 0 Å². The first-order valence-corrected chi connectivity index (χ1v) is 3.84. The van der Waals surface area contributed by atoms with Gasteiger partial charge in [-0.2, -0.15) is 0 Å². The normalized spacial score (nSPS) is 13.0. The van der Waals surface area contributed by atoms with E-state index in [9.17, 15) is 0 Å². The van der Waals surface area contributed by atoms with Crippen molar-refractivity contribution in [2.24, 2.45) is 0 Å². The third-order valence-corrected chi connectivity index (χ3v) is 1.85. The summed E-state index contributed by atoms with van der Waals surface area (Å²) in [5.41, 5.74) is 0.761. The lowest BCUT2D eigenvalue weighted by molar-refractivity contribution is 0.271. The molecule has 0 spiro atoms. The monoisotopic (exact) mass is 171 g/mol. The Labute approximate surface area is 70.8 Å². The van der Waals surface area contributed by atoms with Crippen molar-refractivity contribution in [3.8, 4) is 0 Å². The van der Waals surface area contributed by atoms with E-state index in [1.807, 2.05) is 6.92 Å². The highest BCUT2D eigenvalue weighted by atomic mass is 35.5. The van der Waals surface area contributed by atoms with Crippen LogP contribution in [0.25, 0.3) is 0 Å². The molecule has 0 aliphatic heterocycles. The van der Waals surface area contributed by atoms with E-state index in [-0.39, 0.29) is 12.5 Å². The molecule has 0 aliphatic carbocycles. The molecule has 1 rings (SSSR count). The Morgan fingerprint density at radius 1 is 1.73 bits per heavy atom. The van der Waals surface area contributed by atoms with Crippen molar-refractivity contribution >= 4 is 11.6 Å². The van der Waals surface area contributed by atoms with E-state index in [2.05, 4.69) is 4.98 Å². The van der Waals surface area contributed by atoms with Gasteiger partial charge in [0.25, 0.3) is 0 Å². The van der Waals surface area contributed by atoms with Crippen LogP contribution in [0.15, 0.2) is 18.3 Å². The minimum Gasteiger partial charge on any atom is -0.396 e. The molecular formula is C8H10ClNO. The number of halogens is 1. The zero-order chi connectivity index (χ0) is 8.27. The minimum absolute atomic E-state index is 0.0173. The highest BCUT2D eigenvalue weighted by Crippen LogP contribution is 2.20. The van der Waals surface area contributed by atoms with E-state index in [1.165, 1.54) is 0 Å². The van der Waals surface area contributed by atoms with Gasteiger partial charge in [0.2, 0.25) is 0 Å². The van der Waals surface area contributed by atoms with Crippen LogP contribution >= 0.6 is 11.6 Å². The second-order valence-electron chi connectivity index (χ2n) is 2.45. The molecule has 2 nitrogen and oxygen atoms in total. The molecule has 0 saturated carbocycles. The van der Waals surface area contributed by atoms with Crippen LogP contribution in [0.2, 0.25) is 5.02 Å². The van der Waals surface area contributed by atoms with Crippen molar-refractivity contribution in [2.45, 2.75) is 12.8 Å². The lowest BCUT2D eigenvalue weighted by Gasteiger charge is -2.07. The molecule has 11 heavy (non-hydrogen) atoms. The second-order valence-corrected chi connectivity index (χ2v) is 2.86. The van der Waals surface area contributed by atoms with Gasteiger partial charge in [0, 0.05) is 12.1 Å². The maximum atomic E-state index is 8.81. The fourth-order valence-corrected chi connectivity index (χ4v) is 1.15.